The summed E-state index contributed by atoms with van der Waals surface area (Å²) in [7, 11) is -11.5. The average molecular weight is 351 g/mol. The second-order valence-electron chi connectivity index (χ2n) is 2.80. The molecule has 0 bridgehead atoms. The van der Waals surface area contributed by atoms with Crippen LogP contribution in [0.5, 0.6) is 0 Å². The SMILES string of the molecule is O=S(=O)(O)O.O=S(=O)(O)O.OC[P+](CO)(CO)CO. The number of aliphatic hydroxyl groups is 4. The fourth-order valence-corrected chi connectivity index (χ4v) is 0.805. The van der Waals surface area contributed by atoms with Gasteiger partial charge in [-0.1, -0.05) is 0 Å². The van der Waals surface area contributed by atoms with Gasteiger partial charge in [0.2, 0.25) is 0 Å². The van der Waals surface area contributed by atoms with Crippen LogP contribution in [0.2, 0.25) is 0 Å². The van der Waals surface area contributed by atoms with Gasteiger partial charge in [-0.3, -0.25) is 18.2 Å². The van der Waals surface area contributed by atoms with Crippen molar-refractivity contribution in [3.05, 3.63) is 0 Å². The summed E-state index contributed by atoms with van der Waals surface area (Å²) in [6, 6.07) is 0. The third kappa shape index (κ3) is 32.0. The van der Waals surface area contributed by atoms with Crippen LogP contribution in [0.1, 0.15) is 0 Å². The van der Waals surface area contributed by atoms with Gasteiger partial charge in [0, 0.05) is 0 Å². The molecule has 12 nitrogen and oxygen atoms in total. The van der Waals surface area contributed by atoms with E-state index >= 15 is 0 Å². The van der Waals surface area contributed by atoms with Crippen molar-refractivity contribution in [2.24, 2.45) is 0 Å². The Bertz CT molecular complexity index is 332. The van der Waals surface area contributed by atoms with Crippen molar-refractivity contribution in [3.8, 4) is 0 Å². The monoisotopic (exact) mass is 351 g/mol. The molecule has 0 radical (unpaired) electrons. The number of hydrogen-bond acceptors (Lipinski definition) is 8. The van der Waals surface area contributed by atoms with Gasteiger partial charge in [-0.25, -0.2) is 0 Å². The standard InChI is InChI=1S/C4H12O4P.2H2O4S/c5-1-9(2-6,3-7)4-8;2*1-5(2,3)4/h5-8H,1-4H2;2*(H2,1,2,3,4)/q+1;;. The van der Waals surface area contributed by atoms with E-state index in [-0.39, 0.29) is 25.4 Å². The third-order valence-corrected chi connectivity index (χ3v) is 3.60. The Labute approximate surface area is 109 Å². The molecule has 0 aromatic rings. The fourth-order valence-electron chi connectivity index (χ4n) is 0.268. The van der Waals surface area contributed by atoms with E-state index in [0.717, 1.165) is 0 Å². The van der Waals surface area contributed by atoms with Gasteiger partial charge in [-0.05, 0) is 0 Å². The minimum absolute atomic E-state index is 0.295. The molecule has 0 aromatic carbocycles. The van der Waals surface area contributed by atoms with Crippen molar-refractivity contribution in [2.45, 2.75) is 0 Å². The molecule has 0 rings (SSSR count). The molecule has 0 aromatic heterocycles. The van der Waals surface area contributed by atoms with Crippen LogP contribution in [0.15, 0.2) is 0 Å². The van der Waals surface area contributed by atoms with Gasteiger partial charge in [0.1, 0.15) is 7.26 Å². The first-order chi connectivity index (χ1) is 8.24. The predicted octanol–water partition coefficient (Wildman–Crippen LogP) is -2.50. The van der Waals surface area contributed by atoms with E-state index in [1.54, 1.807) is 0 Å². The van der Waals surface area contributed by atoms with Crippen molar-refractivity contribution in [1.29, 1.82) is 0 Å². The van der Waals surface area contributed by atoms with E-state index in [2.05, 4.69) is 0 Å². The Morgan fingerprint density at radius 2 is 0.684 bits per heavy atom. The first-order valence-corrected chi connectivity index (χ1v) is 9.25. The largest absolute Gasteiger partial charge is 0.394 e. The quantitative estimate of drug-likeness (QED) is 0.194. The maximum Gasteiger partial charge on any atom is 0.394 e. The fraction of sp³-hybridized carbons (Fsp3) is 1.00. The molecule has 15 heteroatoms. The molecule has 0 saturated heterocycles. The van der Waals surface area contributed by atoms with Gasteiger partial charge < -0.3 is 20.4 Å². The molecule has 0 spiro atoms. The molecule has 0 amide bonds. The van der Waals surface area contributed by atoms with Crippen LogP contribution in [0.25, 0.3) is 0 Å². The summed E-state index contributed by atoms with van der Waals surface area (Å²) in [6.07, 6.45) is -1.18. The molecule has 0 aliphatic heterocycles. The third-order valence-electron chi connectivity index (χ3n) is 1.20. The summed E-state index contributed by atoms with van der Waals surface area (Å²) in [6.45, 7) is 0. The molecule has 0 aliphatic carbocycles. The highest BCUT2D eigenvalue weighted by Crippen LogP contribution is 2.54. The second kappa shape index (κ2) is 10.8. The number of hydrogen-bond donors (Lipinski definition) is 8. The highest BCUT2D eigenvalue weighted by Gasteiger charge is 2.34. The minimum atomic E-state index is -4.67. The van der Waals surface area contributed by atoms with Gasteiger partial charge in [0.15, 0.2) is 25.4 Å². The lowest BCUT2D eigenvalue weighted by molar-refractivity contribution is 0.288. The Balaban J connectivity index is -0.000000219. The Morgan fingerprint density at radius 1 is 0.579 bits per heavy atom. The molecule has 0 fully saturated rings. The Morgan fingerprint density at radius 3 is 0.684 bits per heavy atom. The maximum atomic E-state index is 8.74. The molecule has 0 heterocycles. The van der Waals surface area contributed by atoms with Crippen LogP contribution in [-0.2, 0) is 20.8 Å². The van der Waals surface area contributed by atoms with Crippen LogP contribution >= 0.6 is 7.26 Å². The van der Waals surface area contributed by atoms with E-state index in [1.807, 2.05) is 0 Å². The van der Waals surface area contributed by atoms with Crippen LogP contribution in [0.3, 0.4) is 0 Å². The molecular weight excluding hydrogens is 335 g/mol. The summed E-state index contributed by atoms with van der Waals surface area (Å²) >= 11 is 0. The molecule has 8 N–H and O–H groups in total. The van der Waals surface area contributed by atoms with E-state index in [1.165, 1.54) is 0 Å². The first kappa shape index (κ1) is 24.1. The molecule has 0 unspecified atom stereocenters. The average Bonchev–Trinajstić information content (AvgIpc) is 2.17. The van der Waals surface area contributed by atoms with Gasteiger partial charge in [0.05, 0.1) is 0 Å². The lowest BCUT2D eigenvalue weighted by atomic mass is 11.6. The summed E-state index contributed by atoms with van der Waals surface area (Å²) in [5.41, 5.74) is 0. The van der Waals surface area contributed by atoms with Crippen molar-refractivity contribution in [2.75, 3.05) is 25.4 Å². The van der Waals surface area contributed by atoms with Crippen LogP contribution in [-0.4, -0.2) is 80.9 Å². The van der Waals surface area contributed by atoms with Crippen molar-refractivity contribution in [3.63, 3.8) is 0 Å². The molecule has 120 valence electrons. The normalized spacial score (nSPS) is 11.8. The topological polar surface area (TPSA) is 230 Å². The Kier molecular flexibility index (Phi) is 13.6. The molecule has 0 atom stereocenters. The minimum Gasteiger partial charge on any atom is -0.361 e. The summed E-state index contributed by atoms with van der Waals surface area (Å²) < 4.78 is 63.2. The lowest BCUT2D eigenvalue weighted by Crippen LogP contribution is -2.10. The molecule has 19 heavy (non-hydrogen) atoms. The predicted molar refractivity (Wildman–Crippen MR) is 63.6 cm³/mol. The Hall–Kier alpha value is 0.01000. The number of aliphatic hydroxyl groups excluding tert-OH is 4. The molecular formula is C4H16O12PS2+. The van der Waals surface area contributed by atoms with Gasteiger partial charge >= 0.3 is 20.8 Å². The lowest BCUT2D eigenvalue weighted by Gasteiger charge is -2.15. The highest BCUT2D eigenvalue weighted by molar-refractivity contribution is 7.80. The maximum absolute atomic E-state index is 8.74. The summed E-state index contributed by atoms with van der Waals surface area (Å²) in [4.78, 5) is 0. The number of rotatable bonds is 4. The summed E-state index contributed by atoms with van der Waals surface area (Å²) in [5.74, 6) is 0. The smallest absolute Gasteiger partial charge is 0.361 e. The highest BCUT2D eigenvalue weighted by atomic mass is 32.3. The van der Waals surface area contributed by atoms with E-state index in [4.69, 9.17) is 55.5 Å². The van der Waals surface area contributed by atoms with Crippen molar-refractivity contribution < 1.29 is 55.5 Å². The first-order valence-electron chi connectivity index (χ1n) is 3.93. The molecule has 0 saturated carbocycles. The van der Waals surface area contributed by atoms with E-state index < -0.39 is 28.1 Å². The zero-order chi connectivity index (χ0) is 16.3. The van der Waals surface area contributed by atoms with E-state index in [0.29, 0.717) is 0 Å². The summed E-state index contributed by atoms with van der Waals surface area (Å²) in [5, 5.41) is 34.2. The van der Waals surface area contributed by atoms with Gasteiger partial charge in [-0.15, -0.1) is 0 Å². The zero-order valence-electron chi connectivity index (χ0n) is 9.30. The van der Waals surface area contributed by atoms with Crippen LogP contribution in [0.4, 0.5) is 0 Å². The van der Waals surface area contributed by atoms with Crippen molar-refractivity contribution >= 4 is 28.1 Å². The van der Waals surface area contributed by atoms with Crippen molar-refractivity contribution in [1.82, 2.24) is 0 Å². The second-order valence-corrected chi connectivity index (χ2v) is 8.41. The van der Waals surface area contributed by atoms with Crippen LogP contribution in [0, 0.1) is 0 Å². The van der Waals surface area contributed by atoms with E-state index in [9.17, 15) is 0 Å². The zero-order valence-corrected chi connectivity index (χ0v) is 11.8. The van der Waals surface area contributed by atoms with Gasteiger partial charge in [-0.2, -0.15) is 16.8 Å². The van der Waals surface area contributed by atoms with Gasteiger partial charge in [0.25, 0.3) is 0 Å². The molecule has 0 aliphatic rings. The van der Waals surface area contributed by atoms with Crippen LogP contribution < -0.4 is 0 Å².